The summed E-state index contributed by atoms with van der Waals surface area (Å²) in [4.78, 5) is 28.9. The number of anilines is 1. The first-order valence-corrected chi connectivity index (χ1v) is 16.1. The Morgan fingerprint density at radius 1 is 1.02 bits per heavy atom. The van der Waals surface area contributed by atoms with E-state index >= 15 is 0 Å². The van der Waals surface area contributed by atoms with Crippen LogP contribution in [0.2, 0.25) is 5.02 Å². The Balaban J connectivity index is 1.69. The third-order valence-corrected chi connectivity index (χ3v) is 9.46. The van der Waals surface area contributed by atoms with Crippen LogP contribution in [0.1, 0.15) is 50.7 Å². The Morgan fingerprint density at radius 2 is 1.69 bits per heavy atom. The summed E-state index contributed by atoms with van der Waals surface area (Å²) in [6.07, 6.45) is 3.94. The third kappa shape index (κ3) is 7.83. The van der Waals surface area contributed by atoms with Crippen molar-refractivity contribution in [3.8, 4) is 5.75 Å². The Morgan fingerprint density at radius 3 is 2.31 bits per heavy atom. The molecule has 0 bridgehead atoms. The first-order valence-electron chi connectivity index (χ1n) is 14.2. The number of nitrogens with zero attached hydrogens (tertiary/aromatic N) is 2. The van der Waals surface area contributed by atoms with Crippen LogP contribution in [0.15, 0.2) is 77.7 Å². The molecule has 224 valence electrons. The van der Waals surface area contributed by atoms with Crippen molar-refractivity contribution >= 4 is 39.1 Å². The number of carbonyl (C=O) groups is 2. The smallest absolute Gasteiger partial charge is 0.264 e. The molecule has 1 saturated carbocycles. The molecule has 10 heteroatoms. The lowest BCUT2D eigenvalue weighted by Crippen LogP contribution is -2.52. The summed E-state index contributed by atoms with van der Waals surface area (Å²) >= 11 is 6.02. The zero-order chi connectivity index (χ0) is 30.3. The molecular weight excluding hydrogens is 574 g/mol. The SMILES string of the molecule is CCOc1ccc(N(CC(=O)N(Cc2cccc(C)c2)[C@@H](C)C(=O)NC2CCCC2)S(=O)(=O)c2ccc(Cl)cc2)cc1. The molecule has 0 heterocycles. The number of hydrogen-bond donors (Lipinski definition) is 1. The van der Waals surface area contributed by atoms with Gasteiger partial charge in [-0.05, 0) is 87.7 Å². The van der Waals surface area contributed by atoms with Gasteiger partial charge in [0.15, 0.2) is 0 Å². The largest absolute Gasteiger partial charge is 0.494 e. The van der Waals surface area contributed by atoms with Crippen molar-refractivity contribution in [1.82, 2.24) is 10.2 Å². The number of nitrogens with one attached hydrogen (secondary N) is 1. The Hall–Kier alpha value is -3.56. The topological polar surface area (TPSA) is 96.0 Å². The van der Waals surface area contributed by atoms with Crippen molar-refractivity contribution < 1.29 is 22.7 Å². The van der Waals surface area contributed by atoms with E-state index in [2.05, 4.69) is 5.32 Å². The van der Waals surface area contributed by atoms with Gasteiger partial charge < -0.3 is 15.0 Å². The van der Waals surface area contributed by atoms with E-state index in [1.165, 1.54) is 29.2 Å². The minimum absolute atomic E-state index is 0.00848. The molecule has 0 unspecified atom stereocenters. The predicted molar refractivity (Wildman–Crippen MR) is 165 cm³/mol. The quantitative estimate of drug-likeness (QED) is 0.283. The average molecular weight is 612 g/mol. The first kappa shape index (κ1) is 31.4. The molecule has 1 N–H and O–H groups in total. The van der Waals surface area contributed by atoms with Crippen LogP contribution in [0.25, 0.3) is 0 Å². The molecule has 0 spiro atoms. The highest BCUT2D eigenvalue weighted by Crippen LogP contribution is 2.27. The molecular formula is C32H38ClN3O5S. The molecule has 3 aromatic carbocycles. The lowest BCUT2D eigenvalue weighted by Gasteiger charge is -2.32. The summed E-state index contributed by atoms with van der Waals surface area (Å²) in [6, 6.07) is 19.3. The lowest BCUT2D eigenvalue weighted by atomic mass is 10.1. The Labute approximate surface area is 253 Å². The summed E-state index contributed by atoms with van der Waals surface area (Å²) < 4.78 is 34.5. The molecule has 0 saturated heterocycles. The number of ether oxygens (including phenoxy) is 1. The van der Waals surface area contributed by atoms with Gasteiger partial charge in [-0.1, -0.05) is 54.3 Å². The summed E-state index contributed by atoms with van der Waals surface area (Å²) in [5.74, 6) is -0.178. The molecule has 42 heavy (non-hydrogen) atoms. The van der Waals surface area contributed by atoms with Gasteiger partial charge in [0, 0.05) is 17.6 Å². The van der Waals surface area contributed by atoms with Crippen LogP contribution in [-0.2, 0) is 26.2 Å². The molecule has 0 aliphatic heterocycles. The molecule has 1 aliphatic rings. The standard InChI is InChI=1S/C32H38ClN3O5S/c1-4-41-29-16-14-28(15-17-29)36(42(39,40)30-18-12-26(33)13-19-30)22-31(37)35(21-25-9-7-8-23(2)20-25)24(3)32(38)34-27-10-5-6-11-27/h7-9,12-20,24,27H,4-6,10-11,21-22H2,1-3H3,(H,34,38)/t24-/m0/s1. The van der Waals surface area contributed by atoms with Gasteiger partial charge in [0.05, 0.1) is 17.2 Å². The number of benzene rings is 3. The fourth-order valence-electron chi connectivity index (χ4n) is 5.12. The predicted octanol–water partition coefficient (Wildman–Crippen LogP) is 5.72. The molecule has 1 fully saturated rings. The number of amides is 2. The second-order valence-electron chi connectivity index (χ2n) is 10.6. The van der Waals surface area contributed by atoms with Gasteiger partial charge in [-0.3, -0.25) is 13.9 Å². The Bertz CT molecular complexity index is 1470. The van der Waals surface area contributed by atoms with E-state index in [4.69, 9.17) is 16.3 Å². The van der Waals surface area contributed by atoms with E-state index in [0.29, 0.717) is 23.1 Å². The monoisotopic (exact) mass is 611 g/mol. The van der Waals surface area contributed by atoms with Crippen molar-refractivity contribution in [3.05, 3.63) is 88.9 Å². The van der Waals surface area contributed by atoms with E-state index in [9.17, 15) is 18.0 Å². The van der Waals surface area contributed by atoms with Crippen LogP contribution in [0.3, 0.4) is 0 Å². The highest BCUT2D eigenvalue weighted by Gasteiger charge is 2.33. The first-order chi connectivity index (χ1) is 20.1. The van der Waals surface area contributed by atoms with Gasteiger partial charge in [0.2, 0.25) is 11.8 Å². The molecule has 1 atom stereocenters. The molecule has 4 rings (SSSR count). The Kier molecular flexibility index (Phi) is 10.5. The molecule has 0 aromatic heterocycles. The molecule has 0 radical (unpaired) electrons. The summed E-state index contributed by atoms with van der Waals surface area (Å²) in [7, 11) is -4.18. The van der Waals surface area contributed by atoms with Crippen molar-refractivity contribution in [2.75, 3.05) is 17.5 Å². The normalized spacial score (nSPS) is 14.3. The van der Waals surface area contributed by atoms with E-state index in [-0.39, 0.29) is 23.4 Å². The third-order valence-electron chi connectivity index (χ3n) is 7.42. The zero-order valence-electron chi connectivity index (χ0n) is 24.3. The highest BCUT2D eigenvalue weighted by atomic mass is 35.5. The number of carbonyl (C=O) groups excluding carboxylic acids is 2. The molecule has 8 nitrogen and oxygen atoms in total. The number of rotatable bonds is 12. The summed E-state index contributed by atoms with van der Waals surface area (Å²) in [5, 5.41) is 3.48. The second-order valence-corrected chi connectivity index (χ2v) is 12.9. The highest BCUT2D eigenvalue weighted by molar-refractivity contribution is 7.92. The molecule has 2 amide bonds. The van der Waals surface area contributed by atoms with E-state index in [1.54, 1.807) is 31.2 Å². The maximum atomic E-state index is 14.1. The lowest BCUT2D eigenvalue weighted by molar-refractivity contribution is -0.139. The van der Waals surface area contributed by atoms with Crippen molar-refractivity contribution in [1.29, 1.82) is 0 Å². The van der Waals surface area contributed by atoms with Crippen LogP contribution in [0.5, 0.6) is 5.75 Å². The van der Waals surface area contributed by atoms with Gasteiger partial charge >= 0.3 is 0 Å². The van der Waals surface area contributed by atoms with Gasteiger partial charge in [0.25, 0.3) is 10.0 Å². The van der Waals surface area contributed by atoms with Crippen LogP contribution in [0, 0.1) is 6.92 Å². The van der Waals surface area contributed by atoms with Gasteiger partial charge in [-0.2, -0.15) is 0 Å². The maximum absolute atomic E-state index is 14.1. The second kappa shape index (κ2) is 14.1. The van der Waals surface area contributed by atoms with E-state index < -0.39 is 28.5 Å². The van der Waals surface area contributed by atoms with Crippen LogP contribution in [-0.4, -0.2) is 50.4 Å². The van der Waals surface area contributed by atoms with Gasteiger partial charge in [-0.25, -0.2) is 8.42 Å². The van der Waals surface area contributed by atoms with E-state index in [0.717, 1.165) is 41.1 Å². The molecule has 3 aromatic rings. The number of aryl methyl sites for hydroxylation is 1. The number of halogens is 1. The van der Waals surface area contributed by atoms with Gasteiger partial charge in [-0.15, -0.1) is 0 Å². The van der Waals surface area contributed by atoms with Crippen LogP contribution < -0.4 is 14.4 Å². The maximum Gasteiger partial charge on any atom is 0.264 e. The van der Waals surface area contributed by atoms with Gasteiger partial charge in [0.1, 0.15) is 18.3 Å². The van der Waals surface area contributed by atoms with Crippen molar-refractivity contribution in [3.63, 3.8) is 0 Å². The summed E-state index contributed by atoms with van der Waals surface area (Å²) in [6.45, 7) is 5.60. The van der Waals surface area contributed by atoms with Crippen molar-refractivity contribution in [2.24, 2.45) is 0 Å². The summed E-state index contributed by atoms with van der Waals surface area (Å²) in [5.41, 5.74) is 2.15. The average Bonchev–Trinajstić information content (AvgIpc) is 3.48. The zero-order valence-corrected chi connectivity index (χ0v) is 25.8. The number of sulfonamides is 1. The molecule has 1 aliphatic carbocycles. The minimum atomic E-state index is -4.18. The number of hydrogen-bond acceptors (Lipinski definition) is 5. The van der Waals surface area contributed by atoms with E-state index in [1.807, 2.05) is 38.1 Å². The fraction of sp³-hybridized carbons (Fsp3) is 0.375. The van der Waals surface area contributed by atoms with Crippen LogP contribution >= 0.6 is 11.6 Å². The minimum Gasteiger partial charge on any atom is -0.494 e. The van der Waals surface area contributed by atoms with Crippen molar-refractivity contribution in [2.45, 2.75) is 70.0 Å². The fourth-order valence-corrected chi connectivity index (χ4v) is 6.66. The van der Waals surface area contributed by atoms with Crippen LogP contribution in [0.4, 0.5) is 5.69 Å².